The van der Waals surface area contributed by atoms with Gasteiger partial charge in [0.05, 0.1) is 17.8 Å². The van der Waals surface area contributed by atoms with E-state index in [1.165, 1.54) is 17.2 Å². The van der Waals surface area contributed by atoms with Crippen molar-refractivity contribution in [3.63, 3.8) is 0 Å². The van der Waals surface area contributed by atoms with Crippen molar-refractivity contribution < 1.29 is 4.74 Å². The Balaban J connectivity index is 2.44. The minimum atomic E-state index is -0.0167. The monoisotopic (exact) mass is 251 g/mol. The summed E-state index contributed by atoms with van der Waals surface area (Å²) in [4.78, 5) is 4.83. The zero-order valence-corrected chi connectivity index (χ0v) is 12.0. The van der Waals surface area contributed by atoms with Crippen LogP contribution in [0.3, 0.4) is 0 Å². The van der Waals surface area contributed by atoms with Gasteiger partial charge in [-0.15, -0.1) is 0 Å². The standard InChI is InChI=1S/C14H25N3O/c1-5-6-13-16-11-9-15-8-7-12(11)17(13)14(2,3)10-18-4/h15H,5-10H2,1-4H3. The van der Waals surface area contributed by atoms with Crippen molar-refractivity contribution in [3.8, 4) is 0 Å². The van der Waals surface area contributed by atoms with E-state index in [9.17, 15) is 0 Å². The van der Waals surface area contributed by atoms with E-state index in [0.29, 0.717) is 0 Å². The van der Waals surface area contributed by atoms with Crippen molar-refractivity contribution in [3.05, 3.63) is 17.2 Å². The molecule has 0 bridgehead atoms. The van der Waals surface area contributed by atoms with Crippen molar-refractivity contribution in [1.29, 1.82) is 0 Å². The zero-order valence-electron chi connectivity index (χ0n) is 12.0. The fraction of sp³-hybridized carbons (Fsp3) is 0.786. The zero-order chi connectivity index (χ0) is 13.2. The second kappa shape index (κ2) is 5.41. The van der Waals surface area contributed by atoms with Gasteiger partial charge in [-0.25, -0.2) is 4.98 Å². The van der Waals surface area contributed by atoms with Crippen LogP contribution in [0.5, 0.6) is 0 Å². The van der Waals surface area contributed by atoms with Gasteiger partial charge in [-0.3, -0.25) is 0 Å². The van der Waals surface area contributed by atoms with Crippen molar-refractivity contribution in [2.45, 2.75) is 52.1 Å². The molecule has 0 atom stereocenters. The lowest BCUT2D eigenvalue weighted by Gasteiger charge is -2.31. The average Bonchev–Trinajstić information content (AvgIpc) is 2.67. The Kier molecular flexibility index (Phi) is 4.07. The van der Waals surface area contributed by atoms with Crippen LogP contribution < -0.4 is 5.32 Å². The summed E-state index contributed by atoms with van der Waals surface area (Å²) in [5.74, 6) is 1.22. The third kappa shape index (κ3) is 2.45. The molecule has 1 aromatic rings. The maximum absolute atomic E-state index is 5.39. The van der Waals surface area contributed by atoms with Gasteiger partial charge in [0.1, 0.15) is 5.82 Å². The molecule has 0 radical (unpaired) electrons. The molecule has 1 aromatic heterocycles. The Morgan fingerprint density at radius 3 is 2.89 bits per heavy atom. The van der Waals surface area contributed by atoms with Crippen molar-refractivity contribution in [2.24, 2.45) is 0 Å². The van der Waals surface area contributed by atoms with Gasteiger partial charge in [0.25, 0.3) is 0 Å². The summed E-state index contributed by atoms with van der Waals surface area (Å²) >= 11 is 0. The van der Waals surface area contributed by atoms with E-state index in [1.54, 1.807) is 7.11 Å². The highest BCUT2D eigenvalue weighted by Gasteiger charge is 2.29. The molecule has 0 amide bonds. The Morgan fingerprint density at radius 1 is 1.44 bits per heavy atom. The van der Waals surface area contributed by atoms with Crippen molar-refractivity contribution in [1.82, 2.24) is 14.9 Å². The molecule has 1 aliphatic heterocycles. The first-order chi connectivity index (χ1) is 8.60. The number of ether oxygens (including phenoxy) is 1. The first kappa shape index (κ1) is 13.6. The van der Waals surface area contributed by atoms with Gasteiger partial charge >= 0.3 is 0 Å². The van der Waals surface area contributed by atoms with Crippen LogP contribution in [-0.2, 0) is 29.7 Å². The molecule has 2 heterocycles. The van der Waals surface area contributed by atoms with Gasteiger partial charge < -0.3 is 14.6 Å². The summed E-state index contributed by atoms with van der Waals surface area (Å²) in [7, 11) is 1.77. The molecule has 0 aromatic carbocycles. The third-order valence-corrected chi connectivity index (χ3v) is 3.53. The van der Waals surface area contributed by atoms with E-state index in [1.807, 2.05) is 0 Å². The second-order valence-electron chi connectivity index (χ2n) is 5.68. The van der Waals surface area contributed by atoms with E-state index < -0.39 is 0 Å². The molecule has 1 aliphatic rings. The smallest absolute Gasteiger partial charge is 0.109 e. The van der Waals surface area contributed by atoms with Crippen LogP contribution in [0.15, 0.2) is 0 Å². The Bertz CT molecular complexity index is 409. The number of nitrogens with zero attached hydrogens (tertiary/aromatic N) is 2. The minimum Gasteiger partial charge on any atom is -0.382 e. The Labute approximate surface area is 110 Å². The average molecular weight is 251 g/mol. The van der Waals surface area contributed by atoms with Crippen LogP contribution in [0.2, 0.25) is 0 Å². The molecule has 0 saturated carbocycles. The number of aromatic nitrogens is 2. The molecular formula is C14H25N3O. The van der Waals surface area contributed by atoms with E-state index in [-0.39, 0.29) is 5.54 Å². The predicted molar refractivity (Wildman–Crippen MR) is 72.8 cm³/mol. The molecule has 102 valence electrons. The third-order valence-electron chi connectivity index (χ3n) is 3.53. The highest BCUT2D eigenvalue weighted by molar-refractivity contribution is 5.22. The molecule has 2 rings (SSSR count). The number of fused-ring (bicyclic) bond motifs is 1. The van der Waals surface area contributed by atoms with Gasteiger partial charge in [-0.2, -0.15) is 0 Å². The van der Waals surface area contributed by atoms with Gasteiger partial charge in [0.15, 0.2) is 0 Å². The number of aryl methyl sites for hydroxylation is 1. The predicted octanol–water partition coefficient (Wildman–Crippen LogP) is 1.86. The normalized spacial score (nSPS) is 15.8. The van der Waals surface area contributed by atoms with Crippen LogP contribution in [0.25, 0.3) is 0 Å². The first-order valence-electron chi connectivity index (χ1n) is 6.89. The Hall–Kier alpha value is -0.870. The van der Waals surface area contributed by atoms with E-state index in [4.69, 9.17) is 9.72 Å². The van der Waals surface area contributed by atoms with Gasteiger partial charge in [-0.05, 0) is 20.3 Å². The molecule has 0 unspecified atom stereocenters. The molecule has 0 aliphatic carbocycles. The molecule has 0 spiro atoms. The number of methoxy groups -OCH3 is 1. The number of rotatable bonds is 5. The van der Waals surface area contributed by atoms with Crippen LogP contribution in [0.4, 0.5) is 0 Å². The second-order valence-corrected chi connectivity index (χ2v) is 5.68. The number of imidazole rings is 1. The van der Waals surface area contributed by atoms with Gasteiger partial charge in [-0.1, -0.05) is 6.92 Å². The maximum Gasteiger partial charge on any atom is 0.109 e. The summed E-state index contributed by atoms with van der Waals surface area (Å²) in [6.07, 6.45) is 3.24. The van der Waals surface area contributed by atoms with Crippen LogP contribution in [0.1, 0.15) is 44.4 Å². The van der Waals surface area contributed by atoms with E-state index in [2.05, 4.69) is 30.7 Å². The van der Waals surface area contributed by atoms with E-state index >= 15 is 0 Å². The molecule has 4 heteroatoms. The molecule has 4 nitrogen and oxygen atoms in total. The fourth-order valence-electron chi connectivity index (χ4n) is 2.89. The Morgan fingerprint density at radius 2 is 2.22 bits per heavy atom. The quantitative estimate of drug-likeness (QED) is 0.868. The van der Waals surface area contributed by atoms with Gasteiger partial charge in [0, 0.05) is 38.7 Å². The molecular weight excluding hydrogens is 226 g/mol. The summed E-state index contributed by atoms with van der Waals surface area (Å²) in [6.45, 7) is 9.36. The molecule has 18 heavy (non-hydrogen) atoms. The summed E-state index contributed by atoms with van der Waals surface area (Å²) in [5, 5.41) is 3.40. The topological polar surface area (TPSA) is 39.1 Å². The summed E-state index contributed by atoms with van der Waals surface area (Å²) in [6, 6.07) is 0. The lowest BCUT2D eigenvalue weighted by molar-refractivity contribution is 0.105. The maximum atomic E-state index is 5.39. The summed E-state index contributed by atoms with van der Waals surface area (Å²) in [5.41, 5.74) is 2.62. The van der Waals surface area contributed by atoms with E-state index in [0.717, 1.165) is 39.0 Å². The highest BCUT2D eigenvalue weighted by atomic mass is 16.5. The van der Waals surface area contributed by atoms with Crippen LogP contribution >= 0.6 is 0 Å². The van der Waals surface area contributed by atoms with Crippen molar-refractivity contribution >= 4 is 0 Å². The fourth-order valence-corrected chi connectivity index (χ4v) is 2.89. The SMILES string of the molecule is CCCc1nc2c(n1C(C)(C)COC)CCNC2. The van der Waals surface area contributed by atoms with Crippen LogP contribution in [0, 0.1) is 0 Å². The lowest BCUT2D eigenvalue weighted by atomic mass is 10.0. The summed E-state index contributed by atoms with van der Waals surface area (Å²) < 4.78 is 7.82. The molecule has 0 fully saturated rings. The highest BCUT2D eigenvalue weighted by Crippen LogP contribution is 2.26. The molecule has 1 N–H and O–H groups in total. The lowest BCUT2D eigenvalue weighted by Crippen LogP contribution is -2.36. The minimum absolute atomic E-state index is 0.0167. The first-order valence-corrected chi connectivity index (χ1v) is 6.89. The largest absolute Gasteiger partial charge is 0.382 e. The number of hydrogen-bond donors (Lipinski definition) is 1. The number of nitrogens with one attached hydrogen (secondary N) is 1. The number of hydrogen-bond acceptors (Lipinski definition) is 3. The van der Waals surface area contributed by atoms with Crippen LogP contribution in [-0.4, -0.2) is 29.8 Å². The molecule has 0 saturated heterocycles. The van der Waals surface area contributed by atoms with Crippen molar-refractivity contribution in [2.75, 3.05) is 20.3 Å². The van der Waals surface area contributed by atoms with Gasteiger partial charge in [0.2, 0.25) is 0 Å².